The first-order valence-corrected chi connectivity index (χ1v) is 6.98. The minimum absolute atomic E-state index is 0.0315. The summed E-state index contributed by atoms with van der Waals surface area (Å²) in [6, 6.07) is 0.0191. The fraction of sp³-hybridized carbons (Fsp3) is 0.923. The van der Waals surface area contributed by atoms with Crippen LogP contribution in [0.2, 0.25) is 0 Å². The Morgan fingerprint density at radius 1 is 1.37 bits per heavy atom. The molecule has 6 heteroatoms. The van der Waals surface area contributed by atoms with Crippen LogP contribution in [0.4, 0.5) is 13.2 Å². The predicted molar refractivity (Wildman–Crippen MR) is 69.1 cm³/mol. The Bertz CT molecular complexity index is 352. The zero-order valence-electron chi connectivity index (χ0n) is 11.7. The minimum Gasteiger partial charge on any atom is -0.301 e. The van der Waals surface area contributed by atoms with Gasteiger partial charge >= 0.3 is 6.18 Å². The topological polar surface area (TPSA) is 18.8 Å². The first-order chi connectivity index (χ1) is 8.82. The van der Waals surface area contributed by atoms with Crippen LogP contribution < -0.4 is 0 Å². The molecule has 0 saturated carbocycles. The smallest absolute Gasteiger partial charge is 0.301 e. The SMILES string of the molecule is CCN1CCC(N2N=C(C(F)(F)F)CC2C(C)C)C1. The number of rotatable bonds is 3. The molecule has 2 unspecified atom stereocenters. The molecular weight excluding hydrogens is 255 g/mol. The fourth-order valence-electron chi connectivity index (χ4n) is 2.93. The van der Waals surface area contributed by atoms with Gasteiger partial charge in [0.1, 0.15) is 5.71 Å². The maximum Gasteiger partial charge on any atom is 0.431 e. The van der Waals surface area contributed by atoms with Crippen LogP contribution in [0.15, 0.2) is 5.10 Å². The molecule has 0 radical (unpaired) electrons. The molecule has 0 aliphatic carbocycles. The van der Waals surface area contributed by atoms with Crippen LogP contribution in [0.1, 0.15) is 33.6 Å². The molecule has 0 amide bonds. The molecular formula is C13H22F3N3. The van der Waals surface area contributed by atoms with Gasteiger partial charge in [0.05, 0.1) is 12.1 Å². The monoisotopic (exact) mass is 277 g/mol. The number of nitrogens with zero attached hydrogens (tertiary/aromatic N) is 3. The molecule has 1 fully saturated rings. The van der Waals surface area contributed by atoms with Crippen molar-refractivity contribution < 1.29 is 13.2 Å². The maximum absolute atomic E-state index is 12.8. The number of likely N-dealkylation sites (N-methyl/N-ethyl adjacent to an activating group) is 1. The van der Waals surface area contributed by atoms with E-state index in [1.165, 1.54) is 0 Å². The number of hydrogen-bond acceptors (Lipinski definition) is 3. The van der Waals surface area contributed by atoms with Crippen LogP contribution >= 0.6 is 0 Å². The summed E-state index contributed by atoms with van der Waals surface area (Å²) < 4.78 is 38.5. The van der Waals surface area contributed by atoms with Gasteiger partial charge < -0.3 is 4.90 Å². The molecule has 1 saturated heterocycles. The Hall–Kier alpha value is -0.780. The number of hydrogen-bond donors (Lipinski definition) is 0. The number of likely N-dealkylation sites (tertiary alicyclic amines) is 1. The van der Waals surface area contributed by atoms with Crippen molar-refractivity contribution in [3.05, 3.63) is 0 Å². The highest BCUT2D eigenvalue weighted by Crippen LogP contribution is 2.33. The van der Waals surface area contributed by atoms with Crippen molar-refractivity contribution in [1.29, 1.82) is 0 Å². The third-order valence-corrected chi connectivity index (χ3v) is 4.14. The van der Waals surface area contributed by atoms with E-state index >= 15 is 0 Å². The van der Waals surface area contributed by atoms with E-state index in [9.17, 15) is 13.2 Å². The van der Waals surface area contributed by atoms with Gasteiger partial charge in [0.15, 0.2) is 0 Å². The van der Waals surface area contributed by atoms with Gasteiger partial charge in [-0.25, -0.2) is 0 Å². The lowest BCUT2D eigenvalue weighted by molar-refractivity contribution is -0.0602. The lowest BCUT2D eigenvalue weighted by atomic mass is 9.98. The van der Waals surface area contributed by atoms with Crippen molar-refractivity contribution in [2.75, 3.05) is 19.6 Å². The summed E-state index contributed by atoms with van der Waals surface area (Å²) in [5, 5.41) is 5.65. The Morgan fingerprint density at radius 3 is 2.53 bits per heavy atom. The van der Waals surface area contributed by atoms with E-state index in [1.54, 1.807) is 5.01 Å². The summed E-state index contributed by atoms with van der Waals surface area (Å²) >= 11 is 0. The summed E-state index contributed by atoms with van der Waals surface area (Å²) in [7, 11) is 0. The standard InChI is InChI=1S/C13H22F3N3/c1-4-18-6-5-10(8-18)19-11(9(2)3)7-12(17-19)13(14,15)16/h9-11H,4-8H2,1-3H3. The molecule has 0 N–H and O–H groups in total. The zero-order chi connectivity index (χ0) is 14.2. The lowest BCUT2D eigenvalue weighted by Crippen LogP contribution is -2.41. The van der Waals surface area contributed by atoms with Crippen LogP contribution in [0.25, 0.3) is 0 Å². The van der Waals surface area contributed by atoms with Crippen LogP contribution in [0, 0.1) is 5.92 Å². The largest absolute Gasteiger partial charge is 0.431 e. The number of halogens is 3. The third kappa shape index (κ3) is 3.04. The zero-order valence-corrected chi connectivity index (χ0v) is 11.7. The van der Waals surface area contributed by atoms with Crippen LogP contribution in [-0.4, -0.2) is 53.5 Å². The van der Waals surface area contributed by atoms with Crippen LogP contribution in [0.5, 0.6) is 0 Å². The Kier molecular flexibility index (Phi) is 4.08. The average Bonchev–Trinajstić information content (AvgIpc) is 2.94. The van der Waals surface area contributed by atoms with Gasteiger partial charge in [-0.3, -0.25) is 5.01 Å². The highest BCUT2D eigenvalue weighted by atomic mass is 19.4. The van der Waals surface area contributed by atoms with Gasteiger partial charge in [0.25, 0.3) is 0 Å². The van der Waals surface area contributed by atoms with Crippen LogP contribution in [0.3, 0.4) is 0 Å². The van der Waals surface area contributed by atoms with Crippen molar-refractivity contribution in [3.8, 4) is 0 Å². The van der Waals surface area contributed by atoms with Gasteiger partial charge in [-0.05, 0) is 18.9 Å². The highest BCUT2D eigenvalue weighted by molar-refractivity contribution is 5.91. The molecule has 2 aliphatic rings. The molecule has 2 heterocycles. The van der Waals surface area contributed by atoms with E-state index in [4.69, 9.17) is 0 Å². The van der Waals surface area contributed by atoms with Crippen molar-refractivity contribution in [2.45, 2.75) is 51.9 Å². The first-order valence-electron chi connectivity index (χ1n) is 6.98. The van der Waals surface area contributed by atoms with E-state index in [0.717, 1.165) is 26.1 Å². The molecule has 19 heavy (non-hydrogen) atoms. The molecule has 2 rings (SSSR count). The summed E-state index contributed by atoms with van der Waals surface area (Å²) in [4.78, 5) is 2.27. The summed E-state index contributed by atoms with van der Waals surface area (Å²) in [5.74, 6) is 0.180. The van der Waals surface area contributed by atoms with Gasteiger partial charge in [-0.1, -0.05) is 20.8 Å². The van der Waals surface area contributed by atoms with Gasteiger partial charge in [-0.15, -0.1) is 0 Å². The van der Waals surface area contributed by atoms with E-state index in [-0.39, 0.29) is 24.4 Å². The van der Waals surface area contributed by atoms with Crippen LogP contribution in [-0.2, 0) is 0 Å². The fourth-order valence-corrected chi connectivity index (χ4v) is 2.93. The molecule has 2 atom stereocenters. The normalized spacial score (nSPS) is 29.4. The maximum atomic E-state index is 12.8. The van der Waals surface area contributed by atoms with Gasteiger partial charge in [0, 0.05) is 19.5 Å². The van der Waals surface area contributed by atoms with Gasteiger partial charge in [0.2, 0.25) is 0 Å². The second kappa shape index (κ2) is 5.31. The summed E-state index contributed by atoms with van der Waals surface area (Å²) in [5.41, 5.74) is -0.610. The summed E-state index contributed by atoms with van der Waals surface area (Å²) in [6.07, 6.45) is -3.35. The molecule has 0 aromatic rings. The molecule has 0 spiro atoms. The van der Waals surface area contributed by atoms with E-state index in [2.05, 4.69) is 16.9 Å². The molecule has 0 bridgehead atoms. The van der Waals surface area contributed by atoms with E-state index < -0.39 is 11.9 Å². The van der Waals surface area contributed by atoms with E-state index in [1.807, 2.05) is 13.8 Å². The Labute approximate surface area is 112 Å². The Balaban J connectivity index is 2.13. The Morgan fingerprint density at radius 2 is 2.05 bits per heavy atom. The molecule has 2 aliphatic heterocycles. The molecule has 0 aromatic heterocycles. The lowest BCUT2D eigenvalue weighted by Gasteiger charge is -2.31. The second-order valence-electron chi connectivity index (χ2n) is 5.78. The number of alkyl halides is 3. The summed E-state index contributed by atoms with van der Waals surface area (Å²) in [6.45, 7) is 8.76. The van der Waals surface area contributed by atoms with Crippen molar-refractivity contribution in [3.63, 3.8) is 0 Å². The molecule has 0 aromatic carbocycles. The van der Waals surface area contributed by atoms with Crippen molar-refractivity contribution in [1.82, 2.24) is 9.91 Å². The molecule has 110 valence electrons. The highest BCUT2D eigenvalue weighted by Gasteiger charge is 2.45. The predicted octanol–water partition coefficient (Wildman–Crippen LogP) is 2.73. The number of hydrazone groups is 1. The van der Waals surface area contributed by atoms with Gasteiger partial charge in [-0.2, -0.15) is 18.3 Å². The minimum atomic E-state index is -4.29. The molecule has 3 nitrogen and oxygen atoms in total. The quantitative estimate of drug-likeness (QED) is 0.790. The third-order valence-electron chi connectivity index (χ3n) is 4.14. The van der Waals surface area contributed by atoms with Crippen molar-refractivity contribution in [2.24, 2.45) is 11.0 Å². The van der Waals surface area contributed by atoms with E-state index in [0.29, 0.717) is 0 Å². The second-order valence-corrected chi connectivity index (χ2v) is 5.78. The first kappa shape index (κ1) is 14.6. The average molecular weight is 277 g/mol. The van der Waals surface area contributed by atoms with Crippen molar-refractivity contribution >= 4 is 5.71 Å².